The molecule has 9 aromatic carbocycles. The van der Waals surface area contributed by atoms with Gasteiger partial charge in [0.05, 0.1) is 55.5 Å². The Bertz CT molecular complexity index is 4530. The summed E-state index contributed by atoms with van der Waals surface area (Å²) in [5.74, 6) is 0. The molecular formula is C65H43N5. The first-order valence-corrected chi connectivity index (χ1v) is 24.3. The Morgan fingerprint density at radius 1 is 0.314 bits per heavy atom. The molecule has 0 saturated carbocycles. The fourth-order valence-electron chi connectivity index (χ4n) is 11.8. The van der Waals surface area contributed by atoms with Crippen molar-refractivity contribution in [2.75, 3.05) is 0 Å². The molecule has 14 aromatic rings. The van der Waals surface area contributed by atoms with E-state index in [0.717, 1.165) is 63.5 Å². The predicted molar refractivity (Wildman–Crippen MR) is 294 cm³/mol. The lowest BCUT2D eigenvalue weighted by molar-refractivity contribution is 1.02. The van der Waals surface area contributed by atoms with Crippen molar-refractivity contribution < 1.29 is 0 Å². The number of benzene rings is 9. The van der Waals surface area contributed by atoms with Crippen LogP contribution in [0.4, 0.5) is 0 Å². The minimum absolute atomic E-state index is 0.945. The standard InChI is InChI=1S/C65H43N5/c1-3-18-42(19-4-1)54-30-17-31-55(66-54)43-20-15-23-45(40-43)67-58-34-13-9-28-52(58)63-60(67)38-37-51-49-27-8-12-33-57(49)70(65(51)63)47-25-16-24-46(41-47)68-59-35-14-10-29-53(59)62-61(68)39-36-50-48-26-7-11-32-56(48)69(64(50)62)44-21-5-2-6-22-44/h1,3-5,7-41H,2,6H2. The fraction of sp³-hybridized carbons (Fsp3) is 0.0308. The van der Waals surface area contributed by atoms with Gasteiger partial charge in [0.25, 0.3) is 0 Å². The van der Waals surface area contributed by atoms with Gasteiger partial charge in [-0.2, -0.15) is 0 Å². The number of fused-ring (bicyclic) bond motifs is 14. The smallest absolute Gasteiger partial charge is 0.0710 e. The van der Waals surface area contributed by atoms with Crippen LogP contribution >= 0.6 is 0 Å². The van der Waals surface area contributed by atoms with Crippen molar-refractivity contribution in [3.63, 3.8) is 0 Å². The van der Waals surface area contributed by atoms with Crippen LogP contribution in [0, 0.1) is 0 Å². The Morgan fingerprint density at radius 3 is 1.40 bits per heavy atom. The van der Waals surface area contributed by atoms with E-state index < -0.39 is 0 Å². The SMILES string of the molecule is C1=CC(n2c3ccccc3c3ccc4c(c5ccccc5n4-c4cccc(-n5c6ccccc6c6ccc7c(c8ccccc8n7-c7cccc(-c8cccc(-c9ccccc9)n8)c7)c65)c4)c32)=CCC1. The molecule has 5 aromatic heterocycles. The van der Waals surface area contributed by atoms with Crippen molar-refractivity contribution in [2.45, 2.75) is 12.8 Å². The summed E-state index contributed by atoms with van der Waals surface area (Å²) in [5.41, 5.74) is 18.2. The third-order valence-electron chi connectivity index (χ3n) is 14.7. The van der Waals surface area contributed by atoms with Crippen LogP contribution in [0.2, 0.25) is 0 Å². The normalized spacial score (nSPS) is 13.1. The first kappa shape index (κ1) is 38.9. The summed E-state index contributed by atoms with van der Waals surface area (Å²) in [5, 5.41) is 9.95. The van der Waals surface area contributed by atoms with Gasteiger partial charge in [-0.3, -0.25) is 0 Å². The highest BCUT2D eigenvalue weighted by atomic mass is 15.0. The number of pyridine rings is 1. The van der Waals surface area contributed by atoms with E-state index in [9.17, 15) is 0 Å². The van der Waals surface area contributed by atoms with Crippen molar-refractivity contribution in [3.8, 4) is 39.6 Å². The Labute approximate surface area is 403 Å². The van der Waals surface area contributed by atoms with Crippen molar-refractivity contribution in [1.29, 1.82) is 0 Å². The van der Waals surface area contributed by atoms with Crippen LogP contribution in [0.5, 0.6) is 0 Å². The highest BCUT2D eigenvalue weighted by Crippen LogP contribution is 2.45. The first-order chi connectivity index (χ1) is 34.8. The van der Waals surface area contributed by atoms with Crippen LogP contribution in [-0.2, 0) is 0 Å². The topological polar surface area (TPSA) is 32.6 Å². The monoisotopic (exact) mass is 893 g/mol. The minimum Gasteiger partial charge on any atom is -0.309 e. The Balaban J connectivity index is 0.961. The molecule has 0 aliphatic heterocycles. The van der Waals surface area contributed by atoms with E-state index in [-0.39, 0.29) is 0 Å². The lowest BCUT2D eigenvalue weighted by Crippen LogP contribution is -1.99. The molecule has 0 bridgehead atoms. The Morgan fingerprint density at radius 2 is 0.786 bits per heavy atom. The van der Waals surface area contributed by atoms with E-state index in [1.807, 2.05) is 6.07 Å². The maximum Gasteiger partial charge on any atom is 0.0710 e. The highest BCUT2D eigenvalue weighted by molar-refractivity contribution is 6.28. The molecule has 15 rings (SSSR count). The average molecular weight is 894 g/mol. The van der Waals surface area contributed by atoms with Crippen molar-refractivity contribution in [2.24, 2.45) is 0 Å². The first-order valence-electron chi connectivity index (χ1n) is 24.3. The lowest BCUT2D eigenvalue weighted by Gasteiger charge is -2.14. The average Bonchev–Trinajstić information content (AvgIpc) is 4.17. The Kier molecular flexibility index (Phi) is 8.42. The second-order valence-electron chi connectivity index (χ2n) is 18.6. The third kappa shape index (κ3) is 5.63. The molecule has 0 saturated heterocycles. The summed E-state index contributed by atoms with van der Waals surface area (Å²) >= 11 is 0. The molecule has 0 atom stereocenters. The van der Waals surface area contributed by atoms with Gasteiger partial charge in [-0.05, 0) is 97.8 Å². The molecule has 0 unspecified atom stereocenters. The molecule has 328 valence electrons. The molecule has 0 fully saturated rings. The quantitative estimate of drug-likeness (QED) is 0.164. The van der Waals surface area contributed by atoms with Crippen LogP contribution in [0.1, 0.15) is 12.8 Å². The number of nitrogens with zero attached hydrogens (tertiary/aromatic N) is 5. The van der Waals surface area contributed by atoms with Crippen LogP contribution < -0.4 is 0 Å². The van der Waals surface area contributed by atoms with E-state index in [2.05, 4.69) is 249 Å². The van der Waals surface area contributed by atoms with E-state index in [0.29, 0.717) is 0 Å². The van der Waals surface area contributed by atoms with E-state index >= 15 is 0 Å². The molecular weight excluding hydrogens is 851 g/mol. The fourth-order valence-corrected chi connectivity index (χ4v) is 11.8. The lowest BCUT2D eigenvalue weighted by atomic mass is 10.1. The molecule has 1 aliphatic rings. The molecule has 0 amide bonds. The number of hydrogen-bond acceptors (Lipinski definition) is 1. The van der Waals surface area contributed by atoms with Gasteiger partial charge in [-0.1, -0.05) is 152 Å². The van der Waals surface area contributed by atoms with Gasteiger partial charge in [-0.25, -0.2) is 4.98 Å². The molecule has 1 aliphatic carbocycles. The number of para-hydroxylation sites is 4. The second kappa shape index (κ2) is 15.2. The summed E-state index contributed by atoms with van der Waals surface area (Å²) in [4.78, 5) is 5.15. The molecule has 5 heterocycles. The molecule has 5 nitrogen and oxygen atoms in total. The van der Waals surface area contributed by atoms with E-state index in [4.69, 9.17) is 4.98 Å². The number of aromatic nitrogens is 5. The maximum atomic E-state index is 5.15. The summed E-state index contributed by atoms with van der Waals surface area (Å²) in [6.45, 7) is 0. The van der Waals surface area contributed by atoms with Crippen molar-refractivity contribution >= 4 is 92.9 Å². The second-order valence-corrected chi connectivity index (χ2v) is 18.6. The van der Waals surface area contributed by atoms with Crippen LogP contribution in [-0.4, -0.2) is 23.3 Å². The summed E-state index contributed by atoms with van der Waals surface area (Å²) in [6, 6.07) is 79.7. The maximum absolute atomic E-state index is 5.15. The molecule has 5 heteroatoms. The highest BCUT2D eigenvalue weighted by Gasteiger charge is 2.24. The van der Waals surface area contributed by atoms with Gasteiger partial charge in [-0.15, -0.1) is 0 Å². The summed E-state index contributed by atoms with van der Waals surface area (Å²) in [7, 11) is 0. The summed E-state index contributed by atoms with van der Waals surface area (Å²) in [6.07, 6.45) is 9.12. The number of rotatable bonds is 6. The number of hydrogen-bond donors (Lipinski definition) is 0. The van der Waals surface area contributed by atoms with E-state index in [1.54, 1.807) is 0 Å². The zero-order valence-corrected chi connectivity index (χ0v) is 38.2. The molecule has 0 spiro atoms. The molecule has 70 heavy (non-hydrogen) atoms. The van der Waals surface area contributed by atoms with Gasteiger partial charge in [0.2, 0.25) is 0 Å². The van der Waals surface area contributed by atoms with Gasteiger partial charge < -0.3 is 18.3 Å². The number of allylic oxidation sites excluding steroid dienone is 4. The van der Waals surface area contributed by atoms with Crippen molar-refractivity contribution in [3.05, 3.63) is 237 Å². The van der Waals surface area contributed by atoms with Gasteiger partial charge in [0.1, 0.15) is 0 Å². The molecule has 0 radical (unpaired) electrons. The minimum atomic E-state index is 0.945. The van der Waals surface area contributed by atoms with Crippen LogP contribution in [0.15, 0.2) is 237 Å². The van der Waals surface area contributed by atoms with Gasteiger partial charge >= 0.3 is 0 Å². The molecule has 0 N–H and O–H groups in total. The summed E-state index contributed by atoms with van der Waals surface area (Å²) < 4.78 is 9.93. The van der Waals surface area contributed by atoms with Crippen LogP contribution in [0.3, 0.4) is 0 Å². The van der Waals surface area contributed by atoms with Gasteiger partial charge in [0.15, 0.2) is 0 Å². The zero-order chi connectivity index (χ0) is 45.9. The predicted octanol–water partition coefficient (Wildman–Crippen LogP) is 17.0. The largest absolute Gasteiger partial charge is 0.309 e. The Hall–Kier alpha value is -9.19. The zero-order valence-electron chi connectivity index (χ0n) is 38.2. The van der Waals surface area contributed by atoms with Gasteiger partial charge in [0, 0.05) is 77.0 Å². The van der Waals surface area contributed by atoms with E-state index in [1.165, 1.54) is 81.9 Å². The van der Waals surface area contributed by atoms with Crippen molar-refractivity contribution in [1.82, 2.24) is 23.3 Å². The third-order valence-corrected chi connectivity index (χ3v) is 14.7. The van der Waals surface area contributed by atoms with Crippen LogP contribution in [0.25, 0.3) is 132 Å².